The summed E-state index contributed by atoms with van der Waals surface area (Å²) in [6.45, 7) is 4.04. The van der Waals surface area contributed by atoms with E-state index in [9.17, 15) is 0 Å². The molecule has 0 bridgehead atoms. The van der Waals surface area contributed by atoms with E-state index in [1.807, 2.05) is 37.3 Å². The van der Waals surface area contributed by atoms with Gasteiger partial charge in [0.2, 0.25) is 0 Å². The van der Waals surface area contributed by atoms with Crippen molar-refractivity contribution in [2.75, 3.05) is 5.43 Å². The lowest BCUT2D eigenvalue weighted by Crippen LogP contribution is -2.13. The Labute approximate surface area is 123 Å². The van der Waals surface area contributed by atoms with E-state index in [0.29, 0.717) is 11.6 Å². The van der Waals surface area contributed by atoms with Crippen molar-refractivity contribution >= 4 is 16.7 Å². The summed E-state index contributed by atoms with van der Waals surface area (Å²) in [4.78, 5) is 13.7. The van der Waals surface area contributed by atoms with Crippen LogP contribution in [0.5, 0.6) is 0 Å². The Hall–Kier alpha value is -2.53. The number of pyridine rings is 1. The number of aryl methyl sites for hydroxylation is 1. The third kappa shape index (κ3) is 2.32. The van der Waals surface area contributed by atoms with Gasteiger partial charge in [-0.3, -0.25) is 4.98 Å². The van der Waals surface area contributed by atoms with E-state index in [0.717, 1.165) is 34.1 Å². The summed E-state index contributed by atoms with van der Waals surface area (Å²) in [5.41, 5.74) is 6.44. The number of nitrogens with one attached hydrogen (secondary N) is 1. The second-order valence-electron chi connectivity index (χ2n) is 4.85. The van der Waals surface area contributed by atoms with Crippen LogP contribution in [0.4, 0.5) is 5.82 Å². The highest BCUT2D eigenvalue weighted by Crippen LogP contribution is 2.27. The Bertz CT molecular complexity index is 767. The minimum Gasteiger partial charge on any atom is -0.308 e. The van der Waals surface area contributed by atoms with Gasteiger partial charge in [-0.05, 0) is 25.5 Å². The van der Waals surface area contributed by atoms with Crippen molar-refractivity contribution in [1.29, 1.82) is 0 Å². The molecule has 0 saturated carbocycles. The molecule has 0 fully saturated rings. The molecule has 3 rings (SSSR count). The molecule has 3 N–H and O–H groups in total. The first-order valence-corrected chi connectivity index (χ1v) is 6.92. The van der Waals surface area contributed by atoms with E-state index in [4.69, 9.17) is 5.84 Å². The predicted octanol–water partition coefficient (Wildman–Crippen LogP) is 2.85. The molecule has 2 heterocycles. The van der Waals surface area contributed by atoms with Crippen LogP contribution >= 0.6 is 0 Å². The van der Waals surface area contributed by atoms with Crippen molar-refractivity contribution in [3.05, 3.63) is 47.8 Å². The van der Waals surface area contributed by atoms with Crippen LogP contribution in [-0.2, 0) is 6.42 Å². The Balaban J connectivity index is 2.28. The van der Waals surface area contributed by atoms with Gasteiger partial charge >= 0.3 is 0 Å². The average Bonchev–Trinajstić information content (AvgIpc) is 2.54. The van der Waals surface area contributed by atoms with Crippen LogP contribution < -0.4 is 11.3 Å². The zero-order chi connectivity index (χ0) is 14.8. The summed E-state index contributed by atoms with van der Waals surface area (Å²) in [6, 6.07) is 9.96. The SMILES string of the molecule is CCc1nc(-c2cccc3cccnc23)nc(NN)c1C. The molecule has 1 aromatic carbocycles. The minimum atomic E-state index is 0.648. The Morgan fingerprint density at radius 1 is 1.14 bits per heavy atom. The molecule has 5 nitrogen and oxygen atoms in total. The van der Waals surface area contributed by atoms with Gasteiger partial charge in [0.15, 0.2) is 5.82 Å². The van der Waals surface area contributed by atoms with Gasteiger partial charge in [-0.15, -0.1) is 0 Å². The second-order valence-corrected chi connectivity index (χ2v) is 4.85. The molecule has 106 valence electrons. The van der Waals surface area contributed by atoms with Crippen LogP contribution in [0.2, 0.25) is 0 Å². The zero-order valence-electron chi connectivity index (χ0n) is 12.1. The number of rotatable bonds is 3. The molecule has 21 heavy (non-hydrogen) atoms. The molecule has 2 aromatic heterocycles. The maximum Gasteiger partial charge on any atom is 0.164 e. The highest BCUT2D eigenvalue weighted by Gasteiger charge is 2.13. The number of nitrogens with zero attached hydrogens (tertiary/aromatic N) is 3. The van der Waals surface area contributed by atoms with Gasteiger partial charge in [0.1, 0.15) is 5.82 Å². The normalized spacial score (nSPS) is 10.8. The van der Waals surface area contributed by atoms with Crippen molar-refractivity contribution in [1.82, 2.24) is 15.0 Å². The van der Waals surface area contributed by atoms with Gasteiger partial charge in [0.25, 0.3) is 0 Å². The minimum absolute atomic E-state index is 0.648. The van der Waals surface area contributed by atoms with Gasteiger partial charge in [0.05, 0.1) is 5.52 Å². The molecule has 0 amide bonds. The molecule has 0 atom stereocenters. The Morgan fingerprint density at radius 3 is 2.71 bits per heavy atom. The topological polar surface area (TPSA) is 76.7 Å². The summed E-state index contributed by atoms with van der Waals surface area (Å²) in [7, 11) is 0. The molecular formula is C16H17N5. The number of nitrogen functional groups attached to an aromatic ring is 1. The van der Waals surface area contributed by atoms with Crippen molar-refractivity contribution in [3.8, 4) is 11.4 Å². The van der Waals surface area contributed by atoms with Crippen LogP contribution in [0.25, 0.3) is 22.3 Å². The van der Waals surface area contributed by atoms with Gasteiger partial charge in [-0.25, -0.2) is 15.8 Å². The van der Waals surface area contributed by atoms with Gasteiger partial charge in [-0.2, -0.15) is 0 Å². The smallest absolute Gasteiger partial charge is 0.164 e. The lowest BCUT2D eigenvalue weighted by atomic mass is 10.1. The van der Waals surface area contributed by atoms with E-state index in [2.05, 4.69) is 27.3 Å². The number of anilines is 1. The quantitative estimate of drug-likeness (QED) is 0.569. The highest BCUT2D eigenvalue weighted by atomic mass is 15.3. The van der Waals surface area contributed by atoms with Crippen molar-refractivity contribution in [2.24, 2.45) is 5.84 Å². The molecular weight excluding hydrogens is 262 g/mol. The van der Waals surface area contributed by atoms with Crippen LogP contribution in [-0.4, -0.2) is 15.0 Å². The van der Waals surface area contributed by atoms with Crippen LogP contribution in [0.15, 0.2) is 36.5 Å². The largest absolute Gasteiger partial charge is 0.308 e. The predicted molar refractivity (Wildman–Crippen MR) is 84.7 cm³/mol. The molecule has 0 spiro atoms. The van der Waals surface area contributed by atoms with E-state index in [1.54, 1.807) is 6.20 Å². The average molecular weight is 279 g/mol. The Morgan fingerprint density at radius 2 is 1.95 bits per heavy atom. The third-order valence-electron chi connectivity index (χ3n) is 3.59. The summed E-state index contributed by atoms with van der Waals surface area (Å²) in [5.74, 6) is 6.88. The van der Waals surface area contributed by atoms with E-state index < -0.39 is 0 Å². The first kappa shape index (κ1) is 13.5. The van der Waals surface area contributed by atoms with E-state index in [1.165, 1.54) is 0 Å². The molecule has 0 unspecified atom stereocenters. The number of hydrogen-bond donors (Lipinski definition) is 2. The number of hydrazine groups is 1. The lowest BCUT2D eigenvalue weighted by Gasteiger charge is -2.12. The summed E-state index contributed by atoms with van der Waals surface area (Å²) < 4.78 is 0. The van der Waals surface area contributed by atoms with E-state index in [-0.39, 0.29) is 0 Å². The third-order valence-corrected chi connectivity index (χ3v) is 3.59. The molecule has 0 saturated heterocycles. The van der Waals surface area contributed by atoms with Crippen molar-refractivity contribution < 1.29 is 0 Å². The van der Waals surface area contributed by atoms with Crippen molar-refractivity contribution in [2.45, 2.75) is 20.3 Å². The lowest BCUT2D eigenvalue weighted by molar-refractivity contribution is 0.974. The van der Waals surface area contributed by atoms with Crippen molar-refractivity contribution in [3.63, 3.8) is 0 Å². The highest BCUT2D eigenvalue weighted by molar-refractivity contribution is 5.91. The molecule has 0 aliphatic heterocycles. The van der Waals surface area contributed by atoms with Crippen LogP contribution in [0.3, 0.4) is 0 Å². The number of hydrogen-bond acceptors (Lipinski definition) is 5. The van der Waals surface area contributed by atoms with Gasteiger partial charge < -0.3 is 5.43 Å². The standard InChI is InChI=1S/C16H17N5/c1-3-13-10(2)15(21-17)20-16(19-13)12-8-4-6-11-7-5-9-18-14(11)12/h4-9H,3,17H2,1-2H3,(H,19,20,21). The number of para-hydroxylation sites is 1. The molecule has 0 radical (unpaired) electrons. The maximum absolute atomic E-state index is 5.58. The maximum atomic E-state index is 5.58. The van der Waals surface area contributed by atoms with E-state index >= 15 is 0 Å². The molecule has 5 heteroatoms. The summed E-state index contributed by atoms with van der Waals surface area (Å²) in [6.07, 6.45) is 2.61. The number of aromatic nitrogens is 3. The monoisotopic (exact) mass is 279 g/mol. The van der Waals surface area contributed by atoms with Gasteiger partial charge in [0, 0.05) is 28.4 Å². The molecule has 0 aliphatic carbocycles. The number of fused-ring (bicyclic) bond motifs is 1. The summed E-state index contributed by atoms with van der Waals surface area (Å²) >= 11 is 0. The fourth-order valence-electron chi connectivity index (χ4n) is 2.45. The Kier molecular flexibility index (Phi) is 3.50. The fraction of sp³-hybridized carbons (Fsp3) is 0.188. The van der Waals surface area contributed by atoms with Gasteiger partial charge in [-0.1, -0.05) is 25.1 Å². The summed E-state index contributed by atoms with van der Waals surface area (Å²) in [5, 5.41) is 1.07. The molecule has 0 aliphatic rings. The number of benzene rings is 1. The van der Waals surface area contributed by atoms with Crippen LogP contribution in [0, 0.1) is 6.92 Å². The first-order chi connectivity index (χ1) is 10.2. The van der Waals surface area contributed by atoms with Crippen LogP contribution in [0.1, 0.15) is 18.2 Å². The fourth-order valence-corrected chi connectivity index (χ4v) is 2.45. The second kappa shape index (κ2) is 5.46. The zero-order valence-corrected chi connectivity index (χ0v) is 12.1. The molecule has 3 aromatic rings. The number of nitrogens with two attached hydrogens (primary N) is 1. The first-order valence-electron chi connectivity index (χ1n) is 6.92.